The first-order chi connectivity index (χ1) is 13.7. The number of ether oxygens (including phenoxy) is 1. The molecular weight excluding hydrogens is 352 g/mol. The van der Waals surface area contributed by atoms with E-state index < -0.39 is 0 Å². The molecule has 1 saturated heterocycles. The number of piperazine rings is 1. The van der Waals surface area contributed by atoms with E-state index in [2.05, 4.69) is 28.2 Å². The molecule has 0 unspecified atom stereocenters. The molecule has 4 rings (SSSR count). The second-order valence-electron chi connectivity index (χ2n) is 6.87. The van der Waals surface area contributed by atoms with Gasteiger partial charge in [0.2, 0.25) is 0 Å². The highest BCUT2D eigenvalue weighted by molar-refractivity contribution is 5.94. The fourth-order valence-electron chi connectivity index (χ4n) is 3.51. The molecule has 144 valence electrons. The van der Waals surface area contributed by atoms with Crippen LogP contribution in [0.25, 0.3) is 5.69 Å². The molecular formula is C22H24N4O2. The lowest BCUT2D eigenvalue weighted by molar-refractivity contribution is 0.0626. The van der Waals surface area contributed by atoms with E-state index in [4.69, 9.17) is 4.74 Å². The van der Waals surface area contributed by atoms with Gasteiger partial charge in [0.05, 0.1) is 18.5 Å². The number of hydrogen-bond donors (Lipinski definition) is 0. The van der Waals surface area contributed by atoms with E-state index in [1.54, 1.807) is 7.11 Å². The van der Waals surface area contributed by atoms with E-state index in [-0.39, 0.29) is 5.91 Å². The van der Waals surface area contributed by atoms with Crippen molar-refractivity contribution in [2.75, 3.05) is 33.3 Å². The Morgan fingerprint density at radius 2 is 1.68 bits per heavy atom. The van der Waals surface area contributed by atoms with Crippen LogP contribution in [0.4, 0.5) is 0 Å². The Labute approximate surface area is 164 Å². The van der Waals surface area contributed by atoms with Gasteiger partial charge in [-0.05, 0) is 42.5 Å². The Kier molecular flexibility index (Phi) is 5.39. The Morgan fingerprint density at radius 1 is 0.964 bits per heavy atom. The molecule has 2 aromatic carbocycles. The van der Waals surface area contributed by atoms with Crippen molar-refractivity contribution in [1.82, 2.24) is 19.6 Å². The van der Waals surface area contributed by atoms with Gasteiger partial charge in [0.25, 0.3) is 5.91 Å². The zero-order valence-electron chi connectivity index (χ0n) is 16.0. The number of rotatable bonds is 5. The molecule has 0 saturated carbocycles. The van der Waals surface area contributed by atoms with Crippen LogP contribution in [-0.4, -0.2) is 58.8 Å². The molecule has 0 bridgehead atoms. The summed E-state index contributed by atoms with van der Waals surface area (Å²) in [5.74, 6) is 0.841. The van der Waals surface area contributed by atoms with E-state index >= 15 is 0 Å². The maximum atomic E-state index is 12.7. The average molecular weight is 376 g/mol. The molecule has 6 heteroatoms. The van der Waals surface area contributed by atoms with Crippen LogP contribution in [0.5, 0.6) is 5.75 Å². The van der Waals surface area contributed by atoms with Crippen molar-refractivity contribution >= 4 is 5.91 Å². The number of hydrogen-bond acceptors (Lipinski definition) is 4. The summed E-state index contributed by atoms with van der Waals surface area (Å²) in [5.41, 5.74) is 2.92. The van der Waals surface area contributed by atoms with E-state index in [0.29, 0.717) is 5.56 Å². The maximum absolute atomic E-state index is 12.7. The minimum Gasteiger partial charge on any atom is -0.497 e. The summed E-state index contributed by atoms with van der Waals surface area (Å²) in [6.45, 7) is 3.97. The zero-order valence-corrected chi connectivity index (χ0v) is 16.0. The van der Waals surface area contributed by atoms with Crippen molar-refractivity contribution in [2.24, 2.45) is 0 Å². The van der Waals surface area contributed by atoms with Crippen molar-refractivity contribution in [1.29, 1.82) is 0 Å². The molecule has 2 heterocycles. The molecule has 1 aromatic heterocycles. The van der Waals surface area contributed by atoms with E-state index in [1.807, 2.05) is 58.2 Å². The third-order valence-electron chi connectivity index (χ3n) is 5.10. The molecule has 1 aliphatic rings. The minimum atomic E-state index is 0.0802. The molecule has 1 amide bonds. The van der Waals surface area contributed by atoms with E-state index in [0.717, 1.165) is 49.9 Å². The second-order valence-corrected chi connectivity index (χ2v) is 6.87. The number of carbonyl (C=O) groups excluding carboxylic acids is 1. The van der Waals surface area contributed by atoms with E-state index in [9.17, 15) is 4.79 Å². The Hall–Kier alpha value is -3.12. The third kappa shape index (κ3) is 3.92. The summed E-state index contributed by atoms with van der Waals surface area (Å²) >= 11 is 0. The van der Waals surface area contributed by atoms with Gasteiger partial charge in [-0.1, -0.05) is 18.2 Å². The van der Waals surface area contributed by atoms with Gasteiger partial charge >= 0.3 is 0 Å². The Bertz CT molecular complexity index is 913. The Morgan fingerprint density at radius 3 is 2.36 bits per heavy atom. The number of carbonyl (C=O) groups is 1. The molecule has 1 fully saturated rings. The lowest BCUT2D eigenvalue weighted by atomic mass is 10.1. The molecule has 0 radical (unpaired) electrons. The van der Waals surface area contributed by atoms with Crippen molar-refractivity contribution in [3.63, 3.8) is 0 Å². The van der Waals surface area contributed by atoms with Crippen molar-refractivity contribution in [3.8, 4) is 11.4 Å². The van der Waals surface area contributed by atoms with Gasteiger partial charge in [0, 0.05) is 44.5 Å². The number of benzene rings is 2. The summed E-state index contributed by atoms with van der Waals surface area (Å²) in [6.07, 6.45) is 1.84. The molecule has 0 atom stereocenters. The lowest BCUT2D eigenvalue weighted by Crippen LogP contribution is -2.48. The number of nitrogens with zero attached hydrogens (tertiary/aromatic N) is 4. The van der Waals surface area contributed by atoms with Crippen LogP contribution in [0.15, 0.2) is 66.9 Å². The molecule has 0 spiro atoms. The SMILES string of the molecule is COc1ccc(C(=O)N2CCN(Cc3ccnn3-c3ccccc3)CC2)cc1. The number of para-hydroxylation sites is 1. The molecule has 6 nitrogen and oxygen atoms in total. The van der Waals surface area contributed by atoms with Crippen LogP contribution in [0.3, 0.4) is 0 Å². The fraction of sp³-hybridized carbons (Fsp3) is 0.273. The van der Waals surface area contributed by atoms with Gasteiger partial charge in [-0.15, -0.1) is 0 Å². The van der Waals surface area contributed by atoms with Gasteiger partial charge in [0.15, 0.2) is 0 Å². The minimum absolute atomic E-state index is 0.0802. The third-order valence-corrected chi connectivity index (χ3v) is 5.10. The lowest BCUT2D eigenvalue weighted by Gasteiger charge is -2.34. The van der Waals surface area contributed by atoms with Crippen LogP contribution < -0.4 is 4.74 Å². The van der Waals surface area contributed by atoms with Crippen LogP contribution in [0.2, 0.25) is 0 Å². The van der Waals surface area contributed by atoms with Crippen LogP contribution in [0, 0.1) is 0 Å². The summed E-state index contributed by atoms with van der Waals surface area (Å²) in [7, 11) is 1.62. The monoisotopic (exact) mass is 376 g/mol. The highest BCUT2D eigenvalue weighted by Crippen LogP contribution is 2.16. The van der Waals surface area contributed by atoms with Gasteiger partial charge < -0.3 is 9.64 Å². The van der Waals surface area contributed by atoms with Gasteiger partial charge in [0.1, 0.15) is 5.75 Å². The summed E-state index contributed by atoms with van der Waals surface area (Å²) in [4.78, 5) is 17.0. The first-order valence-corrected chi connectivity index (χ1v) is 9.48. The number of methoxy groups -OCH3 is 1. The smallest absolute Gasteiger partial charge is 0.253 e. The van der Waals surface area contributed by atoms with Crippen molar-refractivity contribution < 1.29 is 9.53 Å². The van der Waals surface area contributed by atoms with Gasteiger partial charge in [-0.25, -0.2) is 4.68 Å². The molecule has 0 aliphatic carbocycles. The predicted molar refractivity (Wildman–Crippen MR) is 108 cm³/mol. The predicted octanol–water partition coefficient (Wildman–Crippen LogP) is 2.84. The normalized spacial score (nSPS) is 14.8. The van der Waals surface area contributed by atoms with Gasteiger partial charge in [-0.3, -0.25) is 9.69 Å². The summed E-state index contributed by atoms with van der Waals surface area (Å²) < 4.78 is 7.14. The average Bonchev–Trinajstić information content (AvgIpc) is 3.22. The standard InChI is InChI=1S/C22H24N4O2/c1-28-21-9-7-18(8-10-21)22(27)25-15-13-24(14-16-25)17-20-11-12-23-26(20)19-5-3-2-4-6-19/h2-12H,13-17H2,1H3. The first-order valence-electron chi connectivity index (χ1n) is 9.48. The molecule has 3 aromatic rings. The van der Waals surface area contributed by atoms with Crippen molar-refractivity contribution in [2.45, 2.75) is 6.54 Å². The van der Waals surface area contributed by atoms with Crippen LogP contribution >= 0.6 is 0 Å². The number of amides is 1. The van der Waals surface area contributed by atoms with Crippen LogP contribution in [-0.2, 0) is 6.54 Å². The topological polar surface area (TPSA) is 50.6 Å². The fourth-order valence-corrected chi connectivity index (χ4v) is 3.51. The quantitative estimate of drug-likeness (QED) is 0.687. The highest BCUT2D eigenvalue weighted by atomic mass is 16.5. The summed E-state index contributed by atoms with van der Waals surface area (Å²) in [6, 6.07) is 19.5. The highest BCUT2D eigenvalue weighted by Gasteiger charge is 2.23. The molecule has 28 heavy (non-hydrogen) atoms. The first kappa shape index (κ1) is 18.3. The molecule has 0 N–H and O–H groups in total. The van der Waals surface area contributed by atoms with E-state index in [1.165, 1.54) is 0 Å². The van der Waals surface area contributed by atoms with Gasteiger partial charge in [-0.2, -0.15) is 5.10 Å². The number of aromatic nitrogens is 2. The van der Waals surface area contributed by atoms with Crippen molar-refractivity contribution in [3.05, 3.63) is 78.1 Å². The second kappa shape index (κ2) is 8.27. The van der Waals surface area contributed by atoms with Crippen LogP contribution in [0.1, 0.15) is 16.1 Å². The Balaban J connectivity index is 1.36. The summed E-state index contributed by atoms with van der Waals surface area (Å²) in [5, 5.41) is 4.46. The molecule has 1 aliphatic heterocycles. The largest absolute Gasteiger partial charge is 0.497 e. The zero-order chi connectivity index (χ0) is 19.3. The maximum Gasteiger partial charge on any atom is 0.253 e.